The van der Waals surface area contributed by atoms with Gasteiger partial charge in [0.25, 0.3) is 0 Å². The first-order valence-corrected chi connectivity index (χ1v) is 7.03. The highest BCUT2D eigenvalue weighted by Crippen LogP contribution is 2.33. The average molecular weight is 266 g/mol. The van der Waals surface area contributed by atoms with Crippen molar-refractivity contribution >= 4 is 0 Å². The largest absolute Gasteiger partial charge is 0.309 e. The first kappa shape index (κ1) is 16.1. The van der Waals surface area contributed by atoms with Crippen molar-refractivity contribution in [3.8, 4) is 0 Å². The molecule has 0 saturated heterocycles. The number of benzene rings is 1. The first-order chi connectivity index (χ1) is 8.86. The number of nitrogens with zero attached hydrogens (tertiary/aromatic N) is 1. The Balaban J connectivity index is 3.22. The summed E-state index contributed by atoms with van der Waals surface area (Å²) in [6, 6.07) is 5.68. The van der Waals surface area contributed by atoms with Crippen LogP contribution in [-0.2, 0) is 0 Å². The Kier molecular flexibility index (Phi) is 5.50. The molecule has 0 aliphatic carbocycles. The summed E-state index contributed by atoms with van der Waals surface area (Å²) in [6.07, 6.45) is 0.993. The van der Waals surface area contributed by atoms with Gasteiger partial charge in [-0.1, -0.05) is 26.0 Å². The highest BCUT2D eigenvalue weighted by molar-refractivity contribution is 5.28. The minimum Gasteiger partial charge on any atom is -0.309 e. The zero-order valence-electron chi connectivity index (χ0n) is 13.0. The van der Waals surface area contributed by atoms with Gasteiger partial charge in [0, 0.05) is 5.54 Å². The van der Waals surface area contributed by atoms with E-state index in [1.54, 1.807) is 13.0 Å². The van der Waals surface area contributed by atoms with E-state index in [2.05, 4.69) is 45.1 Å². The van der Waals surface area contributed by atoms with Crippen molar-refractivity contribution in [3.63, 3.8) is 0 Å². The summed E-state index contributed by atoms with van der Waals surface area (Å²) in [5.74, 6) is -0.127. The second-order valence-corrected chi connectivity index (χ2v) is 5.60. The number of nitrogens with one attached hydrogen (secondary N) is 1. The molecule has 1 aromatic carbocycles. The summed E-state index contributed by atoms with van der Waals surface area (Å²) < 4.78 is 13.8. The monoisotopic (exact) mass is 266 g/mol. The van der Waals surface area contributed by atoms with Crippen molar-refractivity contribution < 1.29 is 4.39 Å². The van der Waals surface area contributed by atoms with Crippen LogP contribution in [0.3, 0.4) is 0 Å². The van der Waals surface area contributed by atoms with Crippen molar-refractivity contribution in [2.75, 3.05) is 20.6 Å². The highest BCUT2D eigenvalue weighted by Gasteiger charge is 2.35. The van der Waals surface area contributed by atoms with Gasteiger partial charge in [0.05, 0.1) is 6.04 Å². The molecule has 1 rings (SSSR count). The van der Waals surface area contributed by atoms with Crippen molar-refractivity contribution in [3.05, 3.63) is 35.1 Å². The van der Waals surface area contributed by atoms with E-state index in [1.165, 1.54) is 0 Å². The average Bonchev–Trinajstić information content (AvgIpc) is 2.38. The lowest BCUT2D eigenvalue weighted by Gasteiger charge is -2.43. The Bertz CT molecular complexity index is 417. The van der Waals surface area contributed by atoms with Crippen molar-refractivity contribution in [2.24, 2.45) is 0 Å². The third kappa shape index (κ3) is 3.34. The molecule has 0 aliphatic heterocycles. The standard InChI is InChI=1S/C16H27FN2/c1-7-16(4,19(5)6)15(18-8-2)13-10-9-12(3)14(17)11-13/h9-11,15,18H,7-8H2,1-6H3. The fraction of sp³-hybridized carbons (Fsp3) is 0.625. The summed E-state index contributed by atoms with van der Waals surface area (Å²) in [5.41, 5.74) is 1.67. The predicted octanol–water partition coefficient (Wildman–Crippen LogP) is 3.52. The molecule has 0 amide bonds. The number of halogens is 1. The molecule has 0 heterocycles. The topological polar surface area (TPSA) is 15.3 Å². The van der Waals surface area contributed by atoms with Crippen molar-refractivity contribution in [1.82, 2.24) is 10.2 Å². The fourth-order valence-corrected chi connectivity index (χ4v) is 2.47. The molecule has 0 bridgehead atoms. The van der Waals surface area contributed by atoms with Crippen LogP contribution in [-0.4, -0.2) is 31.1 Å². The molecule has 0 aliphatic rings. The maximum Gasteiger partial charge on any atom is 0.126 e. The molecule has 1 N–H and O–H groups in total. The van der Waals surface area contributed by atoms with Crippen molar-refractivity contribution in [1.29, 1.82) is 0 Å². The Hall–Kier alpha value is -0.930. The van der Waals surface area contributed by atoms with Crippen LogP contribution in [0.2, 0.25) is 0 Å². The van der Waals surface area contributed by atoms with Crippen LogP contribution in [0.1, 0.15) is 44.4 Å². The second-order valence-electron chi connectivity index (χ2n) is 5.60. The Morgan fingerprint density at radius 1 is 1.32 bits per heavy atom. The quantitative estimate of drug-likeness (QED) is 0.847. The van der Waals surface area contributed by atoms with Gasteiger partial charge < -0.3 is 10.2 Å². The minimum atomic E-state index is -0.127. The summed E-state index contributed by atoms with van der Waals surface area (Å²) >= 11 is 0. The number of rotatable bonds is 6. The van der Waals surface area contributed by atoms with Crippen LogP contribution in [0.15, 0.2) is 18.2 Å². The summed E-state index contributed by atoms with van der Waals surface area (Å²) in [4.78, 5) is 2.22. The molecule has 0 saturated carbocycles. The third-order valence-electron chi connectivity index (χ3n) is 4.30. The molecule has 1 aromatic rings. The SMILES string of the molecule is CCNC(c1ccc(C)c(F)c1)C(C)(CC)N(C)C. The van der Waals surface area contributed by atoms with E-state index in [-0.39, 0.29) is 17.4 Å². The summed E-state index contributed by atoms with van der Waals surface area (Å²) in [5, 5.41) is 3.51. The predicted molar refractivity (Wildman–Crippen MR) is 79.9 cm³/mol. The molecule has 0 spiro atoms. The molecule has 19 heavy (non-hydrogen) atoms. The minimum absolute atomic E-state index is 0.0439. The van der Waals surface area contributed by atoms with E-state index < -0.39 is 0 Å². The maximum absolute atomic E-state index is 13.8. The lowest BCUT2D eigenvalue weighted by Crippen LogP contribution is -2.51. The molecule has 0 fully saturated rings. The van der Waals surface area contributed by atoms with Gasteiger partial charge in [-0.25, -0.2) is 4.39 Å². The zero-order chi connectivity index (χ0) is 14.6. The number of aryl methyl sites for hydroxylation is 1. The van der Waals surface area contributed by atoms with Gasteiger partial charge in [-0.05, 0) is 58.1 Å². The smallest absolute Gasteiger partial charge is 0.126 e. The fourth-order valence-electron chi connectivity index (χ4n) is 2.47. The van der Waals surface area contributed by atoms with Gasteiger partial charge in [-0.2, -0.15) is 0 Å². The lowest BCUT2D eigenvalue weighted by molar-refractivity contribution is 0.113. The molecule has 0 radical (unpaired) electrons. The molecule has 0 aromatic heterocycles. The highest BCUT2D eigenvalue weighted by atomic mass is 19.1. The van der Waals surface area contributed by atoms with Gasteiger partial charge in [-0.3, -0.25) is 0 Å². The van der Waals surface area contributed by atoms with Gasteiger partial charge in [-0.15, -0.1) is 0 Å². The van der Waals surface area contributed by atoms with E-state index in [0.717, 1.165) is 18.5 Å². The van der Waals surface area contributed by atoms with Gasteiger partial charge >= 0.3 is 0 Å². The number of hydrogen-bond acceptors (Lipinski definition) is 2. The Labute approximate surface area is 117 Å². The Morgan fingerprint density at radius 3 is 2.37 bits per heavy atom. The van der Waals surface area contributed by atoms with Gasteiger partial charge in [0.1, 0.15) is 5.82 Å². The van der Waals surface area contributed by atoms with E-state index in [1.807, 2.05) is 12.1 Å². The van der Waals surface area contributed by atoms with E-state index in [4.69, 9.17) is 0 Å². The summed E-state index contributed by atoms with van der Waals surface area (Å²) in [7, 11) is 4.16. The lowest BCUT2D eigenvalue weighted by atomic mass is 9.83. The van der Waals surface area contributed by atoms with E-state index in [9.17, 15) is 4.39 Å². The van der Waals surface area contributed by atoms with Crippen LogP contribution in [0.5, 0.6) is 0 Å². The maximum atomic E-state index is 13.8. The zero-order valence-corrected chi connectivity index (χ0v) is 13.0. The van der Waals surface area contributed by atoms with Crippen LogP contribution in [0.25, 0.3) is 0 Å². The van der Waals surface area contributed by atoms with E-state index in [0.29, 0.717) is 5.56 Å². The second kappa shape index (κ2) is 6.49. The number of likely N-dealkylation sites (N-methyl/N-ethyl adjacent to an activating group) is 2. The first-order valence-electron chi connectivity index (χ1n) is 7.03. The van der Waals surface area contributed by atoms with Crippen molar-refractivity contribution in [2.45, 2.75) is 45.7 Å². The Morgan fingerprint density at radius 2 is 1.95 bits per heavy atom. The van der Waals surface area contributed by atoms with Crippen LogP contribution in [0.4, 0.5) is 4.39 Å². The summed E-state index contributed by atoms with van der Waals surface area (Å²) in [6.45, 7) is 9.15. The van der Waals surface area contributed by atoms with Gasteiger partial charge in [0.15, 0.2) is 0 Å². The number of hydrogen-bond donors (Lipinski definition) is 1. The third-order valence-corrected chi connectivity index (χ3v) is 4.30. The molecular formula is C16H27FN2. The molecule has 3 heteroatoms. The molecule has 108 valence electrons. The molecule has 2 nitrogen and oxygen atoms in total. The normalized spacial score (nSPS) is 16.4. The van der Waals surface area contributed by atoms with Crippen LogP contribution >= 0.6 is 0 Å². The molecular weight excluding hydrogens is 239 g/mol. The molecule has 2 atom stereocenters. The van der Waals surface area contributed by atoms with Gasteiger partial charge in [0.2, 0.25) is 0 Å². The molecule has 2 unspecified atom stereocenters. The van der Waals surface area contributed by atoms with Crippen LogP contribution in [0, 0.1) is 12.7 Å². The van der Waals surface area contributed by atoms with E-state index >= 15 is 0 Å². The van der Waals surface area contributed by atoms with Crippen LogP contribution < -0.4 is 5.32 Å².